The molecule has 10 rings (SSSR count). The minimum atomic E-state index is 0.406. The van der Waals surface area contributed by atoms with E-state index in [1.54, 1.807) is 12.7 Å². The second-order valence-electron chi connectivity index (χ2n) is 13.9. The van der Waals surface area contributed by atoms with Crippen LogP contribution in [-0.4, -0.2) is 101 Å². The summed E-state index contributed by atoms with van der Waals surface area (Å²) in [5, 5.41) is 14.4. The molecule has 2 aliphatic heterocycles. The van der Waals surface area contributed by atoms with Crippen molar-refractivity contribution in [3.05, 3.63) is 110 Å². The highest BCUT2D eigenvalue weighted by molar-refractivity contribution is 5.75. The maximum atomic E-state index is 5.64. The molecule has 16 heteroatoms. The van der Waals surface area contributed by atoms with Gasteiger partial charge in [-0.15, -0.1) is 10.2 Å². The first-order chi connectivity index (χ1) is 27.6. The van der Waals surface area contributed by atoms with Crippen LogP contribution in [0.2, 0.25) is 0 Å². The van der Waals surface area contributed by atoms with Crippen LogP contribution in [0.5, 0.6) is 0 Å². The van der Waals surface area contributed by atoms with E-state index in [4.69, 9.17) is 29.6 Å². The van der Waals surface area contributed by atoms with Crippen LogP contribution in [-0.2, 0) is 23.6 Å². The summed E-state index contributed by atoms with van der Waals surface area (Å²) in [5.41, 5.74) is 8.82. The Morgan fingerprint density at radius 1 is 0.500 bits per heavy atom. The van der Waals surface area contributed by atoms with E-state index in [9.17, 15) is 0 Å². The summed E-state index contributed by atoms with van der Waals surface area (Å²) < 4.78 is 18.9. The van der Waals surface area contributed by atoms with Crippen molar-refractivity contribution in [1.82, 2.24) is 48.3 Å². The summed E-state index contributed by atoms with van der Waals surface area (Å²) in [7, 11) is 3.91. The zero-order chi connectivity index (χ0) is 37.6. The number of nitrogens with zero attached hydrogens (tertiary/aromatic N) is 14. The molecule has 0 saturated carbocycles. The molecule has 0 spiro atoms. The molecule has 0 N–H and O–H groups in total. The average Bonchev–Trinajstić information content (AvgIpc) is 4.07. The van der Waals surface area contributed by atoms with Crippen LogP contribution < -0.4 is 19.8 Å². The van der Waals surface area contributed by atoms with E-state index in [1.165, 1.54) is 0 Å². The van der Waals surface area contributed by atoms with Crippen LogP contribution in [0.1, 0.15) is 0 Å². The predicted molar refractivity (Wildman–Crippen MR) is 214 cm³/mol. The Hall–Kier alpha value is -6.78. The Balaban J connectivity index is 1.16. The summed E-state index contributed by atoms with van der Waals surface area (Å²) >= 11 is 0. The zero-order valence-electron chi connectivity index (χ0n) is 31.1. The van der Waals surface area contributed by atoms with E-state index >= 15 is 0 Å². The third-order valence-electron chi connectivity index (χ3n) is 10.2. The highest BCUT2D eigenvalue weighted by atomic mass is 16.5. The summed E-state index contributed by atoms with van der Waals surface area (Å²) in [6, 6.07) is 24.9. The number of aryl methyl sites for hydroxylation is 2. The number of fused-ring (bicyclic) bond motifs is 2. The third-order valence-corrected chi connectivity index (χ3v) is 10.2. The summed E-state index contributed by atoms with van der Waals surface area (Å²) in [6.45, 7) is 6.12. The molecule has 2 fully saturated rings. The molecule has 8 aromatic rings. The molecule has 0 atom stereocenters. The lowest BCUT2D eigenvalue weighted by atomic mass is 10.2. The van der Waals surface area contributed by atoms with Gasteiger partial charge >= 0.3 is 0 Å². The molecule has 0 bridgehead atoms. The molecule has 2 aromatic carbocycles. The Kier molecular flexibility index (Phi) is 8.52. The topological polar surface area (TPSA) is 127 Å². The summed E-state index contributed by atoms with van der Waals surface area (Å²) in [5.74, 6) is 0.812. The number of aromatic nitrogens is 10. The van der Waals surface area contributed by atoms with Gasteiger partial charge in [0.25, 0.3) is 11.9 Å². The Labute approximate surface area is 322 Å². The van der Waals surface area contributed by atoms with Gasteiger partial charge in [0.1, 0.15) is 11.4 Å². The van der Waals surface area contributed by atoms with Gasteiger partial charge in [-0.2, -0.15) is 0 Å². The highest BCUT2D eigenvalue weighted by Crippen LogP contribution is 2.36. The molecule has 16 nitrogen and oxygen atoms in total. The lowest BCUT2D eigenvalue weighted by molar-refractivity contribution is 0.122. The van der Waals surface area contributed by atoms with E-state index in [1.807, 2.05) is 91.3 Å². The molecule has 2 saturated heterocycles. The Bertz CT molecular complexity index is 2430. The fourth-order valence-electron chi connectivity index (χ4n) is 7.35. The number of hydrogen-bond donors (Lipinski definition) is 0. The van der Waals surface area contributed by atoms with Gasteiger partial charge < -0.3 is 28.4 Å². The number of anilines is 6. The fourth-order valence-corrected chi connectivity index (χ4v) is 7.35. The average molecular weight is 749 g/mol. The van der Waals surface area contributed by atoms with Gasteiger partial charge in [0.05, 0.1) is 85.3 Å². The molecular formula is C40H40N14O2. The molecule has 0 aliphatic carbocycles. The molecule has 282 valence electrons. The van der Waals surface area contributed by atoms with Crippen molar-refractivity contribution in [2.75, 3.05) is 72.4 Å². The van der Waals surface area contributed by atoms with E-state index in [0.29, 0.717) is 38.3 Å². The number of imidazole rings is 2. The maximum absolute atomic E-state index is 5.64. The SMILES string of the molecule is Cn1cnc(-c2ccc3cnc(N(c4ccc(N5CCOCC5)cc4)N(c4ccc(N5CCOCC5)cc4)c4ncc5ccc(-c6cn(C)cn6)n5n4)nn23)c1. The number of rotatable bonds is 9. The second-order valence-corrected chi connectivity index (χ2v) is 13.9. The smallest absolute Gasteiger partial charge is 0.267 e. The summed E-state index contributed by atoms with van der Waals surface area (Å²) in [6.07, 6.45) is 11.2. The largest absolute Gasteiger partial charge is 0.378 e. The number of benzene rings is 2. The lowest BCUT2D eigenvalue weighted by Crippen LogP contribution is -2.39. The van der Waals surface area contributed by atoms with Gasteiger partial charge in [-0.3, -0.25) is 0 Å². The first kappa shape index (κ1) is 33.8. The molecule has 8 heterocycles. The van der Waals surface area contributed by atoms with Crippen LogP contribution >= 0.6 is 0 Å². The van der Waals surface area contributed by atoms with Crippen molar-refractivity contribution >= 4 is 45.7 Å². The minimum absolute atomic E-state index is 0.406. The van der Waals surface area contributed by atoms with Gasteiger partial charge in [0, 0.05) is 64.0 Å². The molecular weight excluding hydrogens is 709 g/mol. The molecule has 2 aliphatic rings. The molecule has 6 aromatic heterocycles. The van der Waals surface area contributed by atoms with Gasteiger partial charge in [-0.1, -0.05) is 0 Å². The number of hydrazine groups is 1. The number of ether oxygens (including phenoxy) is 2. The van der Waals surface area contributed by atoms with Crippen molar-refractivity contribution in [3.63, 3.8) is 0 Å². The van der Waals surface area contributed by atoms with Crippen molar-refractivity contribution in [2.45, 2.75) is 0 Å². The first-order valence-electron chi connectivity index (χ1n) is 18.7. The van der Waals surface area contributed by atoms with Gasteiger partial charge in [0.15, 0.2) is 0 Å². The number of morpholine rings is 2. The van der Waals surface area contributed by atoms with E-state index in [-0.39, 0.29) is 0 Å². The molecule has 0 radical (unpaired) electrons. The van der Waals surface area contributed by atoms with Crippen LogP contribution in [0.15, 0.2) is 110 Å². The maximum Gasteiger partial charge on any atom is 0.267 e. The lowest BCUT2D eigenvalue weighted by Gasteiger charge is -2.35. The first-order valence-corrected chi connectivity index (χ1v) is 18.7. The van der Waals surface area contributed by atoms with E-state index in [2.05, 4.69) is 68.3 Å². The van der Waals surface area contributed by atoms with Gasteiger partial charge in [0.2, 0.25) is 0 Å². The van der Waals surface area contributed by atoms with Gasteiger partial charge in [-0.05, 0) is 72.8 Å². The summed E-state index contributed by atoms with van der Waals surface area (Å²) in [4.78, 5) is 23.9. The molecule has 56 heavy (non-hydrogen) atoms. The van der Waals surface area contributed by atoms with E-state index in [0.717, 1.165) is 82.7 Å². The number of hydrogen-bond acceptors (Lipinski definition) is 12. The Morgan fingerprint density at radius 2 is 0.911 bits per heavy atom. The minimum Gasteiger partial charge on any atom is -0.378 e. The van der Waals surface area contributed by atoms with Crippen LogP contribution in [0, 0.1) is 0 Å². The fraction of sp³-hybridized carbons (Fsp3) is 0.250. The van der Waals surface area contributed by atoms with Crippen LogP contribution in [0.3, 0.4) is 0 Å². The zero-order valence-corrected chi connectivity index (χ0v) is 31.1. The standard InChI is InChI=1S/C40H40N14O2/c1-47-25-35(43-27-47)37-13-11-33-23-41-39(45-51(33)37)53(31-7-3-29(4-8-31)49-15-19-55-20-16-49)54(32-9-5-30(6-10-32)50-17-21-56-22-18-50)40-42-24-34-12-14-38(52(34)46-40)36-26-48(2)28-44-36/h3-14,23-28H,15-22H2,1-2H3. The van der Waals surface area contributed by atoms with E-state index < -0.39 is 0 Å². The highest BCUT2D eigenvalue weighted by Gasteiger charge is 2.29. The third kappa shape index (κ3) is 6.23. The van der Waals surface area contributed by atoms with Crippen molar-refractivity contribution in [1.29, 1.82) is 0 Å². The van der Waals surface area contributed by atoms with Crippen LogP contribution in [0.4, 0.5) is 34.6 Å². The van der Waals surface area contributed by atoms with Crippen molar-refractivity contribution in [3.8, 4) is 22.8 Å². The Morgan fingerprint density at radius 3 is 1.29 bits per heavy atom. The quantitative estimate of drug-likeness (QED) is 0.182. The van der Waals surface area contributed by atoms with Crippen molar-refractivity contribution < 1.29 is 9.47 Å². The van der Waals surface area contributed by atoms with Gasteiger partial charge in [-0.25, -0.2) is 39.0 Å². The normalized spacial score (nSPS) is 14.9. The predicted octanol–water partition coefficient (Wildman–Crippen LogP) is 5.14. The monoisotopic (exact) mass is 748 g/mol. The molecule has 0 unspecified atom stereocenters. The van der Waals surface area contributed by atoms with Crippen molar-refractivity contribution in [2.24, 2.45) is 14.1 Å². The second kappa shape index (κ2) is 14.1. The molecule has 0 amide bonds. The van der Waals surface area contributed by atoms with Crippen LogP contribution in [0.25, 0.3) is 33.8 Å².